The third-order valence-corrected chi connectivity index (χ3v) is 4.80. The summed E-state index contributed by atoms with van der Waals surface area (Å²) in [6.07, 6.45) is -6.52. The largest absolute Gasteiger partial charge is 0.460 e. The van der Waals surface area contributed by atoms with Crippen molar-refractivity contribution in [2.24, 2.45) is 0 Å². The number of rotatable bonds is 4. The Morgan fingerprint density at radius 3 is 2.00 bits per heavy atom. The van der Waals surface area contributed by atoms with Crippen LogP contribution in [0.3, 0.4) is 0 Å². The summed E-state index contributed by atoms with van der Waals surface area (Å²) in [6, 6.07) is 7.21. The molecule has 0 radical (unpaired) electrons. The molecule has 1 heterocycles. The molecule has 1 fully saturated rings. The zero-order valence-electron chi connectivity index (χ0n) is 13.2. The number of hydrogen-bond donors (Lipinski definition) is 0. The summed E-state index contributed by atoms with van der Waals surface area (Å²) in [5.41, 5.74) is 0.890. The summed E-state index contributed by atoms with van der Waals surface area (Å²) in [7, 11) is 0. The number of hydrogen-bond acceptors (Lipinski definition) is 2. The SMILES string of the molecule is O=C(N1CCN(Cc2ccccc2Br)CC1)C(F)(F)C(F)(F)C(F)(F)F. The minimum absolute atomic E-state index is 0.0702. The van der Waals surface area contributed by atoms with Crippen LogP contribution in [0.15, 0.2) is 28.7 Å². The van der Waals surface area contributed by atoms with Crippen molar-refractivity contribution in [2.75, 3.05) is 26.2 Å². The zero-order chi connectivity index (χ0) is 19.8. The van der Waals surface area contributed by atoms with E-state index in [1.807, 2.05) is 6.07 Å². The Morgan fingerprint density at radius 2 is 1.50 bits per heavy atom. The number of carbonyl (C=O) groups excluding carboxylic acids is 1. The monoisotopic (exact) mass is 450 g/mol. The fraction of sp³-hybridized carbons (Fsp3) is 0.533. The van der Waals surface area contributed by atoms with Gasteiger partial charge >= 0.3 is 18.0 Å². The maximum absolute atomic E-state index is 13.5. The van der Waals surface area contributed by atoms with Gasteiger partial charge in [-0.2, -0.15) is 30.7 Å². The number of benzene rings is 1. The highest BCUT2D eigenvalue weighted by Gasteiger charge is 2.76. The predicted octanol–water partition coefficient (Wildman–Crippen LogP) is 3.93. The van der Waals surface area contributed by atoms with Crippen molar-refractivity contribution < 1.29 is 35.5 Å². The van der Waals surface area contributed by atoms with Gasteiger partial charge in [-0.25, -0.2) is 0 Å². The Labute approximate surface area is 152 Å². The van der Waals surface area contributed by atoms with Crippen molar-refractivity contribution in [3.05, 3.63) is 34.3 Å². The lowest BCUT2D eigenvalue weighted by molar-refractivity contribution is -0.346. The van der Waals surface area contributed by atoms with E-state index in [1.54, 1.807) is 23.1 Å². The normalized spacial score (nSPS) is 17.5. The first-order valence-electron chi connectivity index (χ1n) is 7.45. The Balaban J connectivity index is 2.01. The van der Waals surface area contributed by atoms with Crippen LogP contribution in [0.5, 0.6) is 0 Å². The van der Waals surface area contributed by atoms with Crippen molar-refractivity contribution in [1.82, 2.24) is 9.80 Å². The lowest BCUT2D eigenvalue weighted by Gasteiger charge is -2.37. The molecule has 1 aromatic carbocycles. The van der Waals surface area contributed by atoms with Crippen LogP contribution in [0.4, 0.5) is 30.7 Å². The van der Waals surface area contributed by atoms with Crippen LogP contribution >= 0.6 is 15.9 Å². The van der Waals surface area contributed by atoms with Crippen LogP contribution in [0, 0.1) is 0 Å². The Morgan fingerprint density at radius 1 is 0.962 bits per heavy atom. The van der Waals surface area contributed by atoms with Crippen molar-refractivity contribution in [2.45, 2.75) is 24.6 Å². The summed E-state index contributed by atoms with van der Waals surface area (Å²) >= 11 is 3.34. The van der Waals surface area contributed by atoms with Gasteiger partial charge in [0, 0.05) is 37.2 Å². The molecule has 0 aliphatic carbocycles. The highest BCUT2D eigenvalue weighted by molar-refractivity contribution is 9.10. The maximum atomic E-state index is 13.5. The van der Waals surface area contributed by atoms with E-state index < -0.39 is 23.9 Å². The first-order chi connectivity index (χ1) is 11.9. The second kappa shape index (κ2) is 7.34. The topological polar surface area (TPSA) is 23.6 Å². The minimum atomic E-state index is -6.52. The molecule has 0 spiro atoms. The minimum Gasteiger partial charge on any atom is -0.335 e. The number of amides is 1. The number of halogens is 8. The van der Waals surface area contributed by atoms with Gasteiger partial charge in [0.15, 0.2) is 0 Å². The van der Waals surface area contributed by atoms with Gasteiger partial charge in [0.25, 0.3) is 5.91 Å². The van der Waals surface area contributed by atoms with E-state index in [-0.39, 0.29) is 26.2 Å². The Hall–Kier alpha value is -1.36. The maximum Gasteiger partial charge on any atom is 0.460 e. The van der Waals surface area contributed by atoms with Crippen molar-refractivity contribution >= 4 is 21.8 Å². The van der Waals surface area contributed by atoms with Crippen LogP contribution in [0.1, 0.15) is 5.56 Å². The summed E-state index contributed by atoms with van der Waals surface area (Å²) in [5.74, 6) is -14.8. The van der Waals surface area contributed by atoms with E-state index in [9.17, 15) is 35.5 Å². The first kappa shape index (κ1) is 20.9. The van der Waals surface area contributed by atoms with Crippen LogP contribution in [0.25, 0.3) is 0 Å². The van der Waals surface area contributed by atoms with Crippen LogP contribution < -0.4 is 0 Å². The van der Waals surface area contributed by atoms with E-state index >= 15 is 0 Å². The molecular weight excluding hydrogens is 437 g/mol. The smallest absolute Gasteiger partial charge is 0.335 e. The second-order valence-corrected chi connectivity index (χ2v) is 6.66. The number of nitrogens with zero attached hydrogens (tertiary/aromatic N) is 2. The van der Waals surface area contributed by atoms with E-state index in [2.05, 4.69) is 15.9 Å². The standard InChI is InChI=1S/C15H14BrF7N2O/c16-11-4-2-1-3-10(11)9-24-5-7-25(8-6-24)12(26)13(17,18)14(19,20)15(21,22)23/h1-4H,5-9H2. The van der Waals surface area contributed by atoms with Crippen LogP contribution in [-0.2, 0) is 11.3 Å². The molecule has 1 saturated heterocycles. The molecule has 3 nitrogen and oxygen atoms in total. The van der Waals surface area contributed by atoms with Crippen LogP contribution in [-0.4, -0.2) is 59.9 Å². The molecule has 11 heteroatoms. The summed E-state index contributed by atoms with van der Waals surface area (Å²) < 4.78 is 90.3. The number of alkyl halides is 7. The molecular formula is C15H14BrF7N2O. The fourth-order valence-electron chi connectivity index (χ4n) is 2.49. The number of carbonyl (C=O) groups is 1. The van der Waals surface area contributed by atoms with Gasteiger partial charge in [-0.1, -0.05) is 34.1 Å². The molecule has 0 N–H and O–H groups in total. The first-order valence-corrected chi connectivity index (χ1v) is 8.24. The zero-order valence-corrected chi connectivity index (χ0v) is 14.8. The number of piperazine rings is 1. The Bertz CT molecular complexity index is 658. The van der Waals surface area contributed by atoms with E-state index in [1.165, 1.54) is 0 Å². The lowest BCUT2D eigenvalue weighted by Crippen LogP contribution is -2.62. The molecule has 0 bridgehead atoms. The van der Waals surface area contributed by atoms with Crippen molar-refractivity contribution in [3.8, 4) is 0 Å². The van der Waals surface area contributed by atoms with Gasteiger partial charge in [-0.3, -0.25) is 9.69 Å². The highest BCUT2D eigenvalue weighted by atomic mass is 79.9. The molecule has 0 unspecified atom stereocenters. The van der Waals surface area contributed by atoms with Gasteiger partial charge in [0.2, 0.25) is 0 Å². The second-order valence-electron chi connectivity index (χ2n) is 5.81. The summed E-state index contributed by atoms with van der Waals surface area (Å²) in [6.45, 7) is -0.181. The highest BCUT2D eigenvalue weighted by Crippen LogP contribution is 2.47. The van der Waals surface area contributed by atoms with E-state index in [0.29, 0.717) is 11.4 Å². The van der Waals surface area contributed by atoms with Gasteiger partial charge in [-0.05, 0) is 11.6 Å². The average Bonchev–Trinajstić information content (AvgIpc) is 2.56. The van der Waals surface area contributed by atoms with Gasteiger partial charge in [0.1, 0.15) is 0 Å². The molecule has 0 atom stereocenters. The van der Waals surface area contributed by atoms with Gasteiger partial charge in [0.05, 0.1) is 0 Å². The third-order valence-electron chi connectivity index (χ3n) is 4.03. The van der Waals surface area contributed by atoms with Crippen molar-refractivity contribution in [3.63, 3.8) is 0 Å². The molecule has 1 aliphatic rings. The molecule has 1 amide bonds. The molecule has 146 valence electrons. The quantitative estimate of drug-likeness (QED) is 0.649. The molecule has 1 aliphatic heterocycles. The third kappa shape index (κ3) is 3.98. The van der Waals surface area contributed by atoms with Crippen molar-refractivity contribution in [1.29, 1.82) is 0 Å². The Kier molecular flexibility index (Phi) is 5.91. The fourth-order valence-corrected chi connectivity index (χ4v) is 2.90. The summed E-state index contributed by atoms with van der Waals surface area (Å²) in [5, 5.41) is 0. The average molecular weight is 451 g/mol. The molecule has 0 saturated carbocycles. The van der Waals surface area contributed by atoms with E-state index in [4.69, 9.17) is 0 Å². The van der Waals surface area contributed by atoms with Gasteiger partial charge < -0.3 is 4.90 Å². The lowest BCUT2D eigenvalue weighted by atomic mass is 10.1. The summed E-state index contributed by atoms with van der Waals surface area (Å²) in [4.78, 5) is 13.7. The van der Waals surface area contributed by atoms with E-state index in [0.717, 1.165) is 10.0 Å². The van der Waals surface area contributed by atoms with Crippen LogP contribution in [0.2, 0.25) is 0 Å². The molecule has 2 rings (SSSR count). The molecule has 0 aromatic heterocycles. The molecule has 1 aromatic rings. The van der Waals surface area contributed by atoms with Gasteiger partial charge in [-0.15, -0.1) is 0 Å². The molecule has 26 heavy (non-hydrogen) atoms. The predicted molar refractivity (Wildman–Crippen MR) is 81.9 cm³/mol.